The minimum atomic E-state index is -0.171. The fraction of sp³-hybridized carbons (Fsp3) is 0.667. The number of aromatic nitrogens is 2. The zero-order valence-electron chi connectivity index (χ0n) is 8.24. The molecule has 0 aliphatic carbocycles. The Bertz CT molecular complexity index is 355. The summed E-state index contributed by atoms with van der Waals surface area (Å²) in [6.45, 7) is 3.53. The van der Waals surface area contributed by atoms with E-state index in [-0.39, 0.29) is 16.4 Å². The Morgan fingerprint density at radius 1 is 1.64 bits per heavy atom. The summed E-state index contributed by atoms with van der Waals surface area (Å²) < 4.78 is 4.82. The van der Waals surface area contributed by atoms with E-state index in [0.717, 1.165) is 12.2 Å². The normalized spacial score (nSPS) is 26.7. The predicted molar refractivity (Wildman–Crippen MR) is 53.3 cm³/mol. The molecule has 0 saturated carbocycles. The molecule has 1 aliphatic rings. The fourth-order valence-corrected chi connectivity index (χ4v) is 2.78. The molecule has 1 atom stereocenters. The largest absolute Gasteiger partial charge is 0.331 e. The van der Waals surface area contributed by atoms with Crippen molar-refractivity contribution < 1.29 is 9.32 Å². The second-order valence-electron chi connectivity index (χ2n) is 3.66. The molecule has 14 heavy (non-hydrogen) atoms. The Hall–Kier alpha value is -0.840. The topological polar surface area (TPSA) is 56.0 Å². The predicted octanol–water partition coefficient (Wildman–Crippen LogP) is 2.01. The molecule has 0 bridgehead atoms. The van der Waals surface area contributed by atoms with E-state index in [4.69, 9.17) is 4.52 Å². The van der Waals surface area contributed by atoms with Crippen LogP contribution in [0.15, 0.2) is 4.52 Å². The van der Waals surface area contributed by atoms with Gasteiger partial charge in [0, 0.05) is 6.92 Å². The van der Waals surface area contributed by atoms with Crippen LogP contribution in [-0.4, -0.2) is 21.7 Å². The highest BCUT2D eigenvalue weighted by Crippen LogP contribution is 2.44. The smallest absolute Gasteiger partial charge is 0.293 e. The molecule has 1 saturated heterocycles. The quantitative estimate of drug-likeness (QED) is 0.702. The molecule has 5 heteroatoms. The summed E-state index contributed by atoms with van der Waals surface area (Å²) in [7, 11) is 0. The van der Waals surface area contributed by atoms with E-state index in [1.807, 2.05) is 11.8 Å². The van der Waals surface area contributed by atoms with Crippen LogP contribution >= 0.6 is 11.8 Å². The van der Waals surface area contributed by atoms with Crippen LogP contribution in [0.1, 0.15) is 43.2 Å². The molecule has 0 aromatic carbocycles. The Labute approximate surface area is 86.4 Å². The summed E-state index contributed by atoms with van der Waals surface area (Å²) in [4.78, 5) is 15.1. The van der Waals surface area contributed by atoms with E-state index < -0.39 is 0 Å². The lowest BCUT2D eigenvalue weighted by Gasteiger charge is -2.16. The summed E-state index contributed by atoms with van der Waals surface area (Å²) in [5.74, 6) is 1.73. The van der Waals surface area contributed by atoms with Gasteiger partial charge in [0.1, 0.15) is 0 Å². The van der Waals surface area contributed by atoms with Crippen molar-refractivity contribution in [1.29, 1.82) is 0 Å². The first-order chi connectivity index (χ1) is 6.62. The van der Waals surface area contributed by atoms with Gasteiger partial charge in [-0.15, -0.1) is 11.8 Å². The number of carbonyl (C=O) groups excluding carboxylic acids is 1. The molecule has 4 nitrogen and oxygen atoms in total. The van der Waals surface area contributed by atoms with Crippen molar-refractivity contribution in [2.24, 2.45) is 0 Å². The Morgan fingerprint density at radius 3 is 2.93 bits per heavy atom. The van der Waals surface area contributed by atoms with Gasteiger partial charge >= 0.3 is 0 Å². The number of hydrogen-bond donors (Lipinski definition) is 0. The third-order valence-corrected chi connectivity index (χ3v) is 3.94. The van der Waals surface area contributed by atoms with Gasteiger partial charge in [-0.25, -0.2) is 0 Å². The summed E-state index contributed by atoms with van der Waals surface area (Å²) in [5.41, 5.74) is 0. The molecule has 0 radical (unpaired) electrons. The highest BCUT2D eigenvalue weighted by molar-refractivity contribution is 8.00. The number of hydrogen-bond acceptors (Lipinski definition) is 5. The summed E-state index contributed by atoms with van der Waals surface area (Å²) in [6.07, 6.45) is 2.22. The van der Waals surface area contributed by atoms with Crippen LogP contribution in [-0.2, 0) is 4.75 Å². The molecule has 1 aliphatic heterocycles. The van der Waals surface area contributed by atoms with Gasteiger partial charge in [-0.05, 0) is 25.5 Å². The third-order valence-electron chi connectivity index (χ3n) is 2.42. The number of rotatable bonds is 2. The van der Waals surface area contributed by atoms with Crippen LogP contribution in [0.3, 0.4) is 0 Å². The van der Waals surface area contributed by atoms with Crippen molar-refractivity contribution in [1.82, 2.24) is 10.1 Å². The van der Waals surface area contributed by atoms with Crippen molar-refractivity contribution in [2.75, 3.05) is 5.75 Å². The van der Waals surface area contributed by atoms with Gasteiger partial charge in [-0.1, -0.05) is 5.16 Å². The minimum Gasteiger partial charge on any atom is -0.331 e. The summed E-state index contributed by atoms with van der Waals surface area (Å²) >= 11 is 1.83. The van der Waals surface area contributed by atoms with Crippen molar-refractivity contribution in [2.45, 2.75) is 31.4 Å². The lowest BCUT2D eigenvalue weighted by molar-refractivity contribution is 0.0972. The average Bonchev–Trinajstić information content (AvgIpc) is 2.71. The Morgan fingerprint density at radius 2 is 2.43 bits per heavy atom. The number of nitrogens with zero attached hydrogens (tertiary/aromatic N) is 2. The first kappa shape index (κ1) is 9.71. The number of Topliss-reactive ketones (excluding diaryl/α,β-unsaturated/α-hetero) is 1. The van der Waals surface area contributed by atoms with Crippen LogP contribution < -0.4 is 0 Å². The van der Waals surface area contributed by atoms with Gasteiger partial charge in [0.15, 0.2) is 5.82 Å². The van der Waals surface area contributed by atoms with E-state index in [9.17, 15) is 4.79 Å². The summed E-state index contributed by atoms with van der Waals surface area (Å²) in [5, 5.41) is 3.86. The maximum Gasteiger partial charge on any atom is 0.293 e. The molecule has 2 rings (SSSR count). The molecule has 76 valence electrons. The fourth-order valence-electron chi connectivity index (χ4n) is 1.54. The van der Waals surface area contributed by atoms with Crippen LogP contribution in [0.5, 0.6) is 0 Å². The van der Waals surface area contributed by atoms with Crippen LogP contribution in [0.2, 0.25) is 0 Å². The number of thioether (sulfide) groups is 1. The molecular formula is C9H12N2O2S. The van der Waals surface area contributed by atoms with Gasteiger partial charge < -0.3 is 4.52 Å². The zero-order valence-corrected chi connectivity index (χ0v) is 9.06. The summed E-state index contributed by atoms with van der Waals surface area (Å²) in [6, 6.07) is 0. The zero-order chi connectivity index (χ0) is 10.2. The Kier molecular flexibility index (Phi) is 2.34. The van der Waals surface area contributed by atoms with Crippen LogP contribution in [0, 0.1) is 0 Å². The average molecular weight is 212 g/mol. The van der Waals surface area contributed by atoms with Gasteiger partial charge in [-0.3, -0.25) is 4.79 Å². The van der Waals surface area contributed by atoms with Crippen LogP contribution in [0.4, 0.5) is 0 Å². The van der Waals surface area contributed by atoms with Crippen molar-refractivity contribution in [3.05, 3.63) is 11.7 Å². The first-order valence-corrected chi connectivity index (χ1v) is 5.59. The molecule has 1 aromatic heterocycles. The van der Waals surface area contributed by atoms with Crippen molar-refractivity contribution in [3.8, 4) is 0 Å². The van der Waals surface area contributed by atoms with E-state index in [1.165, 1.54) is 13.3 Å². The highest BCUT2D eigenvalue weighted by atomic mass is 32.2. The van der Waals surface area contributed by atoms with Crippen molar-refractivity contribution in [3.63, 3.8) is 0 Å². The molecule has 0 amide bonds. The SMILES string of the molecule is CC(=O)c1nc(C2(C)CCCS2)no1. The monoisotopic (exact) mass is 212 g/mol. The molecule has 2 heterocycles. The van der Waals surface area contributed by atoms with Gasteiger partial charge in [0.2, 0.25) is 5.78 Å². The van der Waals surface area contributed by atoms with E-state index in [0.29, 0.717) is 5.82 Å². The van der Waals surface area contributed by atoms with E-state index in [1.54, 1.807) is 0 Å². The lowest BCUT2D eigenvalue weighted by atomic mass is 10.1. The van der Waals surface area contributed by atoms with Gasteiger partial charge in [0.05, 0.1) is 4.75 Å². The molecular weight excluding hydrogens is 200 g/mol. The van der Waals surface area contributed by atoms with Crippen molar-refractivity contribution >= 4 is 17.5 Å². The third kappa shape index (κ3) is 1.56. The maximum absolute atomic E-state index is 11.0. The maximum atomic E-state index is 11.0. The molecule has 1 aromatic rings. The van der Waals surface area contributed by atoms with Gasteiger partial charge in [-0.2, -0.15) is 4.98 Å². The molecule has 1 unspecified atom stereocenters. The standard InChI is InChI=1S/C9H12N2O2S/c1-6(12)7-10-8(11-13-7)9(2)4-3-5-14-9/h3-5H2,1-2H3. The number of ketones is 1. The highest BCUT2D eigenvalue weighted by Gasteiger charge is 2.36. The minimum absolute atomic E-state index is 0.0583. The molecule has 0 N–H and O–H groups in total. The van der Waals surface area contributed by atoms with Gasteiger partial charge in [0.25, 0.3) is 5.89 Å². The lowest BCUT2D eigenvalue weighted by Crippen LogP contribution is -2.15. The first-order valence-electron chi connectivity index (χ1n) is 4.61. The Balaban J connectivity index is 2.28. The van der Waals surface area contributed by atoms with Crippen LogP contribution in [0.25, 0.3) is 0 Å². The van der Waals surface area contributed by atoms with E-state index in [2.05, 4.69) is 17.1 Å². The molecule has 0 spiro atoms. The number of carbonyl (C=O) groups is 1. The second kappa shape index (κ2) is 3.38. The molecule has 1 fully saturated rings. The second-order valence-corrected chi connectivity index (χ2v) is 5.26. The van der Waals surface area contributed by atoms with E-state index >= 15 is 0 Å².